The topological polar surface area (TPSA) is 61.4 Å². The first kappa shape index (κ1) is 19.7. The predicted molar refractivity (Wildman–Crippen MR) is 107 cm³/mol. The van der Waals surface area contributed by atoms with Gasteiger partial charge in [-0.25, -0.2) is 4.79 Å². The molecule has 0 unspecified atom stereocenters. The molecule has 0 aliphatic carbocycles. The Balaban J connectivity index is 1.65. The van der Waals surface area contributed by atoms with E-state index in [1.165, 1.54) is 0 Å². The number of aryl methyl sites for hydroxylation is 1. The van der Waals surface area contributed by atoms with Crippen LogP contribution in [-0.4, -0.2) is 22.9 Å². The van der Waals surface area contributed by atoms with Gasteiger partial charge in [0.2, 0.25) is 5.78 Å². The summed E-state index contributed by atoms with van der Waals surface area (Å²) in [7, 11) is 0. The lowest BCUT2D eigenvalue weighted by Gasteiger charge is -2.09. The number of carbonyl (C=O) groups excluding carboxylic acids is 2. The van der Waals surface area contributed by atoms with Crippen molar-refractivity contribution in [3.8, 4) is 0 Å². The molecule has 5 nitrogen and oxygen atoms in total. The molecule has 1 aromatic carbocycles. The van der Waals surface area contributed by atoms with Crippen LogP contribution in [0.25, 0.3) is 0 Å². The molecule has 3 rings (SSSR count). The van der Waals surface area contributed by atoms with Crippen molar-refractivity contribution < 1.29 is 18.7 Å². The lowest BCUT2D eigenvalue weighted by Crippen LogP contribution is -2.15. The number of hydrogen-bond donors (Lipinski definition) is 0. The molecule has 0 fully saturated rings. The molecule has 0 saturated carbocycles. The Morgan fingerprint density at radius 1 is 1.11 bits per heavy atom. The van der Waals surface area contributed by atoms with Crippen molar-refractivity contribution >= 4 is 11.8 Å². The molecule has 2 heterocycles. The van der Waals surface area contributed by atoms with Gasteiger partial charge < -0.3 is 13.7 Å². The van der Waals surface area contributed by atoms with Crippen LogP contribution < -0.4 is 0 Å². The molecule has 2 aromatic heterocycles. The van der Waals surface area contributed by atoms with Crippen molar-refractivity contribution in [3.63, 3.8) is 0 Å². The molecule has 5 heteroatoms. The van der Waals surface area contributed by atoms with Crippen LogP contribution >= 0.6 is 0 Å². The number of furan rings is 1. The van der Waals surface area contributed by atoms with Crippen LogP contribution in [0.15, 0.2) is 53.1 Å². The normalized spacial score (nSPS) is 11.0. The zero-order chi connectivity index (χ0) is 20.3. The van der Waals surface area contributed by atoms with Gasteiger partial charge in [0.05, 0.1) is 18.4 Å². The number of esters is 1. The Morgan fingerprint density at radius 2 is 1.82 bits per heavy atom. The van der Waals surface area contributed by atoms with Gasteiger partial charge in [-0.3, -0.25) is 4.79 Å². The van der Waals surface area contributed by atoms with Crippen LogP contribution in [0.2, 0.25) is 0 Å². The highest BCUT2D eigenvalue weighted by molar-refractivity contribution is 6.00. The summed E-state index contributed by atoms with van der Waals surface area (Å²) in [4.78, 5) is 24.8. The molecule has 3 aromatic rings. The fraction of sp³-hybridized carbons (Fsp3) is 0.304. The third-order valence-corrected chi connectivity index (χ3v) is 4.92. The van der Waals surface area contributed by atoms with Crippen molar-refractivity contribution in [1.82, 2.24) is 4.57 Å². The number of hydrogen-bond acceptors (Lipinski definition) is 4. The highest BCUT2D eigenvalue weighted by Crippen LogP contribution is 2.19. The molecule has 0 atom stereocenters. The smallest absolute Gasteiger partial charge is 0.338 e. The number of aromatic nitrogens is 1. The van der Waals surface area contributed by atoms with E-state index < -0.39 is 5.97 Å². The third kappa shape index (κ3) is 4.25. The van der Waals surface area contributed by atoms with Gasteiger partial charge in [-0.15, -0.1) is 0 Å². The second-order valence-corrected chi connectivity index (χ2v) is 7.23. The van der Waals surface area contributed by atoms with Crippen LogP contribution in [0.1, 0.15) is 63.2 Å². The first-order valence-electron chi connectivity index (χ1n) is 9.36. The molecule has 0 amide bonds. The molecule has 146 valence electrons. The average molecular weight is 379 g/mol. The second kappa shape index (κ2) is 8.30. The summed E-state index contributed by atoms with van der Waals surface area (Å²) in [5, 5.41) is 0. The Bertz CT molecular complexity index is 963. The zero-order valence-electron chi connectivity index (χ0n) is 16.7. The minimum atomic E-state index is -0.493. The summed E-state index contributed by atoms with van der Waals surface area (Å²) in [6, 6.07) is 12.8. The molecular formula is C23H25NO4. The SMILES string of the molecule is Cc1cc(C(=O)COC(=O)c2ccc(C(C)C)cc2)c(C)n1Cc1ccco1. The van der Waals surface area contributed by atoms with Crippen molar-refractivity contribution in [2.45, 2.75) is 40.2 Å². The van der Waals surface area contributed by atoms with Gasteiger partial charge in [0.25, 0.3) is 0 Å². The van der Waals surface area contributed by atoms with Crippen molar-refractivity contribution in [2.75, 3.05) is 6.61 Å². The standard InChI is InChI=1S/C23H25NO4/c1-15(2)18-7-9-19(10-8-18)23(26)28-14-22(25)21-12-16(3)24(17(21)4)13-20-6-5-11-27-20/h5-12,15H,13-14H2,1-4H3. The van der Waals surface area contributed by atoms with Gasteiger partial charge in [0.15, 0.2) is 6.61 Å². The Labute approximate surface area is 164 Å². The van der Waals surface area contributed by atoms with E-state index in [1.54, 1.807) is 18.4 Å². The highest BCUT2D eigenvalue weighted by atomic mass is 16.5. The number of benzene rings is 1. The van der Waals surface area contributed by atoms with E-state index in [1.807, 2.05) is 48.7 Å². The monoisotopic (exact) mass is 379 g/mol. The van der Waals surface area contributed by atoms with Crippen molar-refractivity contribution in [3.05, 3.63) is 82.6 Å². The van der Waals surface area contributed by atoms with E-state index in [-0.39, 0.29) is 12.4 Å². The molecule has 0 bridgehead atoms. The summed E-state index contributed by atoms with van der Waals surface area (Å²) in [6.45, 7) is 8.28. The average Bonchev–Trinajstić information content (AvgIpc) is 3.29. The van der Waals surface area contributed by atoms with Crippen molar-refractivity contribution in [1.29, 1.82) is 0 Å². The first-order valence-corrected chi connectivity index (χ1v) is 9.36. The van der Waals surface area contributed by atoms with Gasteiger partial charge in [-0.2, -0.15) is 0 Å². The zero-order valence-corrected chi connectivity index (χ0v) is 16.7. The highest BCUT2D eigenvalue weighted by Gasteiger charge is 2.18. The minimum absolute atomic E-state index is 0.217. The van der Waals surface area contributed by atoms with Crippen LogP contribution in [0.3, 0.4) is 0 Å². The quantitative estimate of drug-likeness (QED) is 0.432. The molecular weight excluding hydrogens is 354 g/mol. The van der Waals surface area contributed by atoms with E-state index in [9.17, 15) is 9.59 Å². The largest absolute Gasteiger partial charge is 0.467 e. The Kier molecular flexibility index (Phi) is 5.83. The minimum Gasteiger partial charge on any atom is -0.467 e. The van der Waals surface area contributed by atoms with Gasteiger partial charge in [-0.05, 0) is 55.7 Å². The third-order valence-electron chi connectivity index (χ3n) is 4.92. The Morgan fingerprint density at radius 3 is 2.43 bits per heavy atom. The van der Waals surface area contributed by atoms with E-state index >= 15 is 0 Å². The molecule has 0 aliphatic rings. The van der Waals surface area contributed by atoms with Gasteiger partial charge in [0, 0.05) is 17.0 Å². The van der Waals surface area contributed by atoms with E-state index in [0.29, 0.717) is 23.6 Å². The fourth-order valence-electron chi connectivity index (χ4n) is 3.18. The number of ether oxygens (including phenoxy) is 1. The fourth-order valence-corrected chi connectivity index (χ4v) is 3.18. The summed E-state index contributed by atoms with van der Waals surface area (Å²) < 4.78 is 12.6. The van der Waals surface area contributed by atoms with Crippen molar-refractivity contribution in [2.24, 2.45) is 0 Å². The van der Waals surface area contributed by atoms with E-state index in [2.05, 4.69) is 13.8 Å². The lowest BCUT2D eigenvalue weighted by atomic mass is 10.0. The van der Waals surface area contributed by atoms with Gasteiger partial charge in [-0.1, -0.05) is 26.0 Å². The first-order chi connectivity index (χ1) is 13.4. The molecule has 0 N–H and O–H groups in total. The number of rotatable bonds is 7. The van der Waals surface area contributed by atoms with Crippen LogP contribution in [0.4, 0.5) is 0 Å². The molecule has 0 radical (unpaired) electrons. The van der Waals surface area contributed by atoms with Crippen LogP contribution in [0, 0.1) is 13.8 Å². The molecule has 28 heavy (non-hydrogen) atoms. The number of Topliss-reactive ketones (excluding diaryl/α,β-unsaturated/α-hetero) is 1. The number of ketones is 1. The number of carbonyl (C=O) groups is 2. The number of nitrogens with zero attached hydrogens (tertiary/aromatic N) is 1. The molecule has 0 saturated heterocycles. The predicted octanol–water partition coefficient (Wildman–Crippen LogP) is 4.91. The second-order valence-electron chi connectivity index (χ2n) is 7.23. The lowest BCUT2D eigenvalue weighted by molar-refractivity contribution is 0.0474. The summed E-state index contributed by atoms with van der Waals surface area (Å²) in [5.74, 6) is 0.499. The maximum atomic E-state index is 12.6. The maximum Gasteiger partial charge on any atom is 0.338 e. The maximum absolute atomic E-state index is 12.6. The van der Waals surface area contributed by atoms with E-state index in [4.69, 9.17) is 9.15 Å². The van der Waals surface area contributed by atoms with E-state index in [0.717, 1.165) is 22.7 Å². The summed E-state index contributed by atoms with van der Waals surface area (Å²) in [6.07, 6.45) is 1.63. The van der Waals surface area contributed by atoms with Gasteiger partial charge >= 0.3 is 5.97 Å². The molecule has 0 aliphatic heterocycles. The van der Waals surface area contributed by atoms with Crippen LogP contribution in [0.5, 0.6) is 0 Å². The summed E-state index contributed by atoms with van der Waals surface area (Å²) in [5.41, 5.74) is 3.94. The summed E-state index contributed by atoms with van der Waals surface area (Å²) >= 11 is 0. The molecule has 0 spiro atoms. The Hall–Kier alpha value is -3.08. The van der Waals surface area contributed by atoms with Crippen LogP contribution in [-0.2, 0) is 11.3 Å². The van der Waals surface area contributed by atoms with Gasteiger partial charge in [0.1, 0.15) is 5.76 Å².